The molecular formula is C103H101F2N21O11S. The molecule has 5 fully saturated rings. The van der Waals surface area contributed by atoms with Gasteiger partial charge in [0, 0.05) is 217 Å². The van der Waals surface area contributed by atoms with Crippen LogP contribution in [0.5, 0.6) is 5.75 Å². The van der Waals surface area contributed by atoms with E-state index in [9.17, 15) is 32.8 Å². The van der Waals surface area contributed by atoms with Crippen LogP contribution in [0.25, 0.3) is 133 Å². The highest BCUT2D eigenvalue weighted by atomic mass is 32.1. The summed E-state index contributed by atoms with van der Waals surface area (Å²) in [7, 11) is 0. The van der Waals surface area contributed by atoms with Gasteiger partial charge in [-0.25, -0.2) is 43.9 Å². The molecular weight excluding hydrogens is 1780 g/mol. The van der Waals surface area contributed by atoms with Crippen LogP contribution in [0.1, 0.15) is 51.7 Å². The van der Waals surface area contributed by atoms with Gasteiger partial charge in [-0.1, -0.05) is 30.3 Å². The van der Waals surface area contributed by atoms with Crippen molar-refractivity contribution >= 4 is 116 Å². The fraction of sp³-hybridized carbons (Fsp3) is 0.282. The topological polar surface area (TPSA) is 344 Å². The van der Waals surface area contributed by atoms with Gasteiger partial charge >= 0.3 is 34.7 Å². The maximum atomic E-state index is 12.8. The molecule has 0 spiro atoms. The zero-order valence-electron chi connectivity index (χ0n) is 77.2. The molecule has 5 aliphatic heterocycles. The Morgan fingerprint density at radius 2 is 0.681 bits per heavy atom. The standard InChI is InChI=1S/C22H23N5O2.C21H20F2N2O3.C21H21N5O2.C20H19N5O2.C19H18N4O2S/c1-13-9-27-12-19(25-21(27)8-23-13)20-6-16-4-5-17(7-18(16)22(28)29-20)26-10-14(2)24-15(3)11-26;1-13-12-25(9-8-24-13)16-5-2-15-10-19(28-20(26)18(15)11-16)14-3-6-17(7-4-14)27-21(22)23;1-13-10-25(6-5-22-13)16-4-3-15-7-19(28-21(27)17(15)8-16)18-12-26-11-14(2)23-9-20(26)24-18;1-13-11-25-12-17(23-19(25)10-22-13)18-8-14-2-3-15(9-16(14)20(26)27-18)24-6-4-21-5-7-24;1-12-10-22(5-4-20-12)14-3-2-13-8-17(25-18(24)15(13)9-14)16-11-23-6-7-26-19(23)21-16/h4-9,12,14-15,24H,10-11H2,1-3H3;2-7,10-11,13,21,24H,8-9,12H2,1H3;3-4,7-9,11-13,22H,5-6,10H2,1-2H3;2-3,8-12,21H,4-7H2,1H3;2-3,6-9,11-12,20H,4-5,10H2,1H3/t14-,15+;2*13-;;12-/m.00.0/s1. The molecule has 24 rings (SSSR count). The fourth-order valence-electron chi connectivity index (χ4n) is 18.5. The molecule has 0 bridgehead atoms. The number of rotatable bonds is 12. The Morgan fingerprint density at radius 1 is 0.362 bits per heavy atom. The van der Waals surface area contributed by atoms with Crippen molar-refractivity contribution in [2.45, 2.75) is 92.2 Å². The highest BCUT2D eigenvalue weighted by Gasteiger charge is 2.27. The number of nitrogens with one attached hydrogen (secondary N) is 5. The summed E-state index contributed by atoms with van der Waals surface area (Å²) in [5.74, 6) is 2.32. The van der Waals surface area contributed by atoms with Crippen LogP contribution in [0, 0.1) is 20.8 Å². The van der Waals surface area contributed by atoms with Crippen LogP contribution in [0.2, 0.25) is 0 Å². The van der Waals surface area contributed by atoms with Crippen LogP contribution in [-0.4, -0.2) is 187 Å². The first-order valence-electron chi connectivity index (χ1n) is 46.1. The van der Waals surface area contributed by atoms with Crippen LogP contribution in [0.3, 0.4) is 0 Å². The molecule has 5 atom stereocenters. The smallest absolute Gasteiger partial charge is 0.387 e. The van der Waals surface area contributed by atoms with Crippen molar-refractivity contribution in [2.24, 2.45) is 0 Å². The summed E-state index contributed by atoms with van der Waals surface area (Å²) in [5.41, 5.74) is 11.4. The number of imidazole rings is 4. The summed E-state index contributed by atoms with van der Waals surface area (Å²) in [4.78, 5) is 106. The average Bonchev–Trinajstić information content (AvgIpc) is 1.64. The highest BCUT2D eigenvalue weighted by Crippen LogP contribution is 2.35. The predicted molar refractivity (Wildman–Crippen MR) is 535 cm³/mol. The molecule has 0 radical (unpaired) electrons. The van der Waals surface area contributed by atoms with Gasteiger partial charge in [0.25, 0.3) is 0 Å². The molecule has 35 heteroatoms. The number of anilines is 5. The number of aromatic nitrogens is 11. The normalized spacial score (nSPS) is 17.6. The molecule has 0 saturated carbocycles. The van der Waals surface area contributed by atoms with Crippen LogP contribution in [-0.2, 0) is 0 Å². The number of benzene rings is 6. The van der Waals surface area contributed by atoms with Crippen molar-refractivity contribution < 1.29 is 35.6 Å². The van der Waals surface area contributed by atoms with E-state index in [1.165, 1.54) is 12.1 Å². The summed E-state index contributed by atoms with van der Waals surface area (Å²) >= 11 is 1.55. The SMILES string of the molecule is C[C@H]1CN(c2ccc3cc(-c4ccc(OC(F)F)cc4)oc(=O)c3c2)CCN1.C[C@H]1CN(c2ccc3cc(-c4cn5ccsc5n4)oc(=O)c3c2)CCN1.Cc1cn2cc(-c3cc4ccc(N5CCNCC5)cc4c(=O)o3)nc2cn1.Cc1cn2cc(-c3cc4ccc(N5CCN[C@@H](C)C5)cc4c(=O)o3)nc2cn1.Cc1cn2cc(-c3cc4ccc(N5C[C@@H](C)N[C@@H](C)C5)cc4c(=O)o3)nc2cn1. The molecule has 0 aliphatic carbocycles. The minimum Gasteiger partial charge on any atom is -0.435 e. The number of halogens is 2. The number of ether oxygens (including phenoxy) is 1. The number of hydrogen-bond donors (Lipinski definition) is 5. The molecule has 32 nitrogen and oxygen atoms in total. The van der Waals surface area contributed by atoms with Gasteiger partial charge in [-0.2, -0.15) is 8.78 Å². The lowest BCUT2D eigenvalue weighted by atomic mass is 10.1. The molecule has 6 aromatic carbocycles. The predicted octanol–water partition coefficient (Wildman–Crippen LogP) is 14.7. The maximum absolute atomic E-state index is 12.8. The Balaban J connectivity index is 0.000000106. The highest BCUT2D eigenvalue weighted by molar-refractivity contribution is 7.15. The van der Waals surface area contributed by atoms with Crippen molar-refractivity contribution in [1.82, 2.24) is 79.1 Å². The number of thiazole rings is 1. The Kier molecular flexibility index (Phi) is 25.6. The minimum absolute atomic E-state index is 0.0526. The lowest BCUT2D eigenvalue weighted by Crippen LogP contribution is -2.54. The van der Waals surface area contributed by atoms with Crippen molar-refractivity contribution in [3.8, 4) is 62.9 Å². The lowest BCUT2D eigenvalue weighted by Gasteiger charge is -2.37. The first-order chi connectivity index (χ1) is 66.9. The van der Waals surface area contributed by atoms with E-state index in [2.05, 4.69) is 150 Å². The summed E-state index contributed by atoms with van der Waals surface area (Å²) in [6.07, 6.45) is 20.2. The lowest BCUT2D eigenvalue weighted by molar-refractivity contribution is -0.0498. The largest absolute Gasteiger partial charge is 0.435 e. The van der Waals surface area contributed by atoms with E-state index < -0.39 is 12.2 Å². The monoisotopic (exact) mass is 1880 g/mol. The van der Waals surface area contributed by atoms with E-state index >= 15 is 0 Å². The van der Waals surface area contributed by atoms with E-state index in [1.54, 1.807) is 48.1 Å². The quantitative estimate of drug-likeness (QED) is 0.0758. The molecule has 704 valence electrons. The van der Waals surface area contributed by atoms with Gasteiger partial charge in [0.15, 0.2) is 44.9 Å². The van der Waals surface area contributed by atoms with Crippen LogP contribution >= 0.6 is 11.3 Å². The van der Waals surface area contributed by atoms with E-state index in [4.69, 9.17) is 22.1 Å². The first-order valence-corrected chi connectivity index (χ1v) is 47.0. The Labute approximate surface area is 791 Å². The van der Waals surface area contributed by atoms with Crippen molar-refractivity contribution in [3.05, 3.63) is 288 Å². The molecule has 0 unspecified atom stereocenters. The second kappa shape index (κ2) is 38.9. The zero-order chi connectivity index (χ0) is 95.1. The number of fused-ring (bicyclic) bond motifs is 9. The average molecular weight is 1880 g/mol. The molecule has 0 amide bonds. The van der Waals surface area contributed by atoms with Crippen molar-refractivity contribution in [3.63, 3.8) is 0 Å². The van der Waals surface area contributed by atoms with Crippen LogP contribution in [0.15, 0.2) is 265 Å². The van der Waals surface area contributed by atoms with E-state index in [0.29, 0.717) is 131 Å². The molecule has 13 aromatic heterocycles. The Bertz CT molecular complexity index is 8060. The number of hydrogen-bond acceptors (Lipinski definition) is 29. The first kappa shape index (κ1) is 90.7. The van der Waals surface area contributed by atoms with Crippen molar-refractivity contribution in [2.75, 3.05) is 123 Å². The third-order valence-corrected chi connectivity index (χ3v) is 26.0. The molecule has 5 saturated heterocycles. The number of piperazine rings is 5. The second-order valence-corrected chi connectivity index (χ2v) is 36.6. The van der Waals surface area contributed by atoms with Gasteiger partial charge in [-0.3, -0.25) is 19.4 Å². The van der Waals surface area contributed by atoms with Gasteiger partial charge in [0.1, 0.15) is 34.3 Å². The molecule has 5 aliphatic rings. The second-order valence-electron chi connectivity index (χ2n) is 35.7. The molecule has 19 aromatic rings. The van der Waals surface area contributed by atoms with Gasteiger partial charge in [0.05, 0.1) is 62.6 Å². The number of alkyl halides is 2. The van der Waals surface area contributed by atoms with Crippen molar-refractivity contribution in [1.29, 1.82) is 0 Å². The van der Waals surface area contributed by atoms with E-state index in [0.717, 1.165) is 176 Å². The van der Waals surface area contributed by atoms with Gasteiger partial charge in [0.2, 0.25) is 0 Å². The van der Waals surface area contributed by atoms with E-state index in [-0.39, 0.29) is 28.3 Å². The van der Waals surface area contributed by atoms with Gasteiger partial charge < -0.3 is 91.1 Å². The van der Waals surface area contributed by atoms with Gasteiger partial charge in [-0.05, 0) is 198 Å². The molecule has 5 N–H and O–H groups in total. The minimum atomic E-state index is -2.88. The van der Waals surface area contributed by atoms with Gasteiger partial charge in [-0.15, -0.1) is 11.3 Å². The Hall–Kier alpha value is -15.1. The molecule has 18 heterocycles. The fourth-order valence-corrected chi connectivity index (χ4v) is 19.2. The summed E-state index contributed by atoms with van der Waals surface area (Å²) in [6, 6.07) is 47.1. The maximum Gasteiger partial charge on any atom is 0.387 e. The third-order valence-electron chi connectivity index (χ3n) is 25.2. The van der Waals surface area contributed by atoms with Crippen LogP contribution < -0.4 is 83.9 Å². The third kappa shape index (κ3) is 20.0. The number of nitrogens with zero attached hydrogens (tertiary/aromatic N) is 16. The summed E-state index contributed by atoms with van der Waals surface area (Å²) in [6.45, 7) is 27.6. The summed E-state index contributed by atoms with van der Waals surface area (Å²) < 4.78 is 64.4. The molecule has 138 heavy (non-hydrogen) atoms. The number of aryl methyl sites for hydroxylation is 3. The Morgan fingerprint density at radius 3 is 1.04 bits per heavy atom. The van der Waals surface area contributed by atoms with E-state index in [1.807, 2.05) is 184 Å². The van der Waals surface area contributed by atoms with Crippen LogP contribution in [0.4, 0.5) is 37.2 Å². The summed E-state index contributed by atoms with van der Waals surface area (Å²) in [5, 5.41) is 26.2. The zero-order valence-corrected chi connectivity index (χ0v) is 78.0.